The molecule has 2 N–H and O–H groups in total. The van der Waals surface area contributed by atoms with Crippen molar-refractivity contribution in [1.82, 2.24) is 10.2 Å². The van der Waals surface area contributed by atoms with Gasteiger partial charge in [-0.25, -0.2) is 4.79 Å². The molecule has 1 heterocycles. The lowest BCUT2D eigenvalue weighted by molar-refractivity contribution is -0.153. The number of benzene rings is 2. The number of aryl methyl sites for hydroxylation is 1. The first-order valence-electron chi connectivity index (χ1n) is 11.0. The SMILES string of the molecule is CCOC(=O)C(CCc1ccccc1)N[C@H](C)C(=O)N1Cc2ccccc2CC1C(=O)O.Cl. The van der Waals surface area contributed by atoms with Crippen molar-refractivity contribution in [3.8, 4) is 0 Å². The number of amides is 1. The van der Waals surface area contributed by atoms with E-state index in [2.05, 4.69) is 5.32 Å². The first-order chi connectivity index (χ1) is 15.4. The summed E-state index contributed by atoms with van der Waals surface area (Å²) in [6.07, 6.45) is 1.37. The summed E-state index contributed by atoms with van der Waals surface area (Å²) in [5.41, 5.74) is 2.97. The first kappa shape index (κ1) is 26.4. The fraction of sp³-hybridized carbons (Fsp3) is 0.400. The third-order valence-electron chi connectivity index (χ3n) is 5.77. The van der Waals surface area contributed by atoms with Gasteiger partial charge in [-0.2, -0.15) is 0 Å². The van der Waals surface area contributed by atoms with Gasteiger partial charge in [-0.1, -0.05) is 54.6 Å². The van der Waals surface area contributed by atoms with Crippen LogP contribution >= 0.6 is 12.4 Å². The highest BCUT2D eigenvalue weighted by Crippen LogP contribution is 2.24. The standard InChI is InChI=1S/C25H30N2O5.ClH/c1-3-32-25(31)21(14-13-18-9-5-4-6-10-18)26-17(2)23(28)27-16-20-12-8-7-11-19(20)15-22(27)24(29)30;/h4-12,17,21-22,26H,3,13-16H2,1-2H3,(H,29,30);1H/t17-,21?,22?;/m1./s1. The third kappa shape index (κ3) is 6.79. The van der Waals surface area contributed by atoms with Gasteiger partial charge in [0.25, 0.3) is 0 Å². The van der Waals surface area contributed by atoms with E-state index in [1.807, 2.05) is 54.6 Å². The first-order valence-corrected chi connectivity index (χ1v) is 11.0. The monoisotopic (exact) mass is 474 g/mol. The molecule has 0 radical (unpaired) electrons. The average Bonchev–Trinajstić information content (AvgIpc) is 2.80. The second-order valence-electron chi connectivity index (χ2n) is 8.01. The van der Waals surface area contributed by atoms with Crippen LogP contribution in [0.3, 0.4) is 0 Å². The predicted molar refractivity (Wildman–Crippen MR) is 127 cm³/mol. The third-order valence-corrected chi connectivity index (χ3v) is 5.77. The number of halogens is 1. The Kier molecular flexibility index (Phi) is 9.88. The van der Waals surface area contributed by atoms with Crippen molar-refractivity contribution < 1.29 is 24.2 Å². The number of esters is 1. The van der Waals surface area contributed by atoms with Gasteiger partial charge in [0, 0.05) is 13.0 Å². The van der Waals surface area contributed by atoms with Crippen LogP contribution in [-0.4, -0.2) is 52.6 Å². The molecule has 178 valence electrons. The number of ether oxygens (including phenoxy) is 1. The number of carbonyl (C=O) groups excluding carboxylic acids is 2. The summed E-state index contributed by atoms with van der Waals surface area (Å²) in [5, 5.41) is 12.8. The average molecular weight is 475 g/mol. The number of fused-ring (bicyclic) bond motifs is 1. The Morgan fingerprint density at radius 3 is 2.36 bits per heavy atom. The number of nitrogens with zero attached hydrogens (tertiary/aromatic N) is 1. The second kappa shape index (κ2) is 12.4. The van der Waals surface area contributed by atoms with E-state index in [0.29, 0.717) is 12.8 Å². The summed E-state index contributed by atoms with van der Waals surface area (Å²) >= 11 is 0. The molecule has 0 saturated carbocycles. The normalized spacial score (nSPS) is 16.7. The van der Waals surface area contributed by atoms with E-state index in [1.165, 1.54) is 4.90 Å². The number of rotatable bonds is 9. The van der Waals surface area contributed by atoms with Gasteiger partial charge in [0.15, 0.2) is 0 Å². The van der Waals surface area contributed by atoms with Crippen LogP contribution in [0, 0.1) is 0 Å². The minimum Gasteiger partial charge on any atom is -0.480 e. The molecule has 0 fully saturated rings. The molecule has 1 amide bonds. The Hall–Kier alpha value is -2.90. The minimum atomic E-state index is -1.04. The van der Waals surface area contributed by atoms with Crippen molar-refractivity contribution >= 4 is 30.3 Å². The molecule has 3 rings (SSSR count). The van der Waals surface area contributed by atoms with Crippen molar-refractivity contribution in [2.24, 2.45) is 0 Å². The minimum absolute atomic E-state index is 0. The largest absolute Gasteiger partial charge is 0.480 e. The van der Waals surface area contributed by atoms with Crippen molar-refractivity contribution in [1.29, 1.82) is 0 Å². The molecule has 2 unspecified atom stereocenters. The zero-order valence-corrected chi connectivity index (χ0v) is 19.7. The van der Waals surface area contributed by atoms with Gasteiger partial charge < -0.3 is 14.7 Å². The van der Waals surface area contributed by atoms with Gasteiger partial charge >= 0.3 is 11.9 Å². The van der Waals surface area contributed by atoms with E-state index in [0.717, 1.165) is 16.7 Å². The number of carboxylic acid groups (broad SMARTS) is 1. The summed E-state index contributed by atoms with van der Waals surface area (Å²) in [5.74, 6) is -1.80. The summed E-state index contributed by atoms with van der Waals surface area (Å²) in [6, 6.07) is 15.0. The fourth-order valence-corrected chi connectivity index (χ4v) is 4.06. The van der Waals surface area contributed by atoms with Crippen LogP contribution in [0.25, 0.3) is 0 Å². The molecular weight excluding hydrogens is 444 g/mol. The number of hydrogen-bond donors (Lipinski definition) is 2. The van der Waals surface area contributed by atoms with E-state index in [4.69, 9.17) is 4.74 Å². The van der Waals surface area contributed by atoms with Gasteiger partial charge in [-0.3, -0.25) is 14.9 Å². The van der Waals surface area contributed by atoms with E-state index < -0.39 is 30.1 Å². The Labute approximate surface area is 200 Å². The molecule has 0 aromatic heterocycles. The van der Waals surface area contributed by atoms with Gasteiger partial charge in [-0.05, 0) is 43.4 Å². The molecule has 3 atom stereocenters. The number of nitrogens with one attached hydrogen (secondary N) is 1. The van der Waals surface area contributed by atoms with Gasteiger partial charge in [0.05, 0.1) is 12.6 Å². The Bertz CT molecular complexity index is 953. The second-order valence-corrected chi connectivity index (χ2v) is 8.01. The number of hydrogen-bond acceptors (Lipinski definition) is 5. The summed E-state index contributed by atoms with van der Waals surface area (Å²) in [4.78, 5) is 39.1. The highest BCUT2D eigenvalue weighted by molar-refractivity contribution is 5.88. The zero-order chi connectivity index (χ0) is 23.1. The Balaban J connectivity index is 0.00000385. The van der Waals surface area contributed by atoms with Crippen LogP contribution in [0.2, 0.25) is 0 Å². The molecule has 0 bridgehead atoms. The van der Waals surface area contributed by atoms with Gasteiger partial charge in [0.2, 0.25) is 5.91 Å². The molecule has 2 aromatic rings. The van der Waals surface area contributed by atoms with Crippen LogP contribution in [0.4, 0.5) is 0 Å². The maximum atomic E-state index is 13.3. The number of aliphatic carboxylic acids is 1. The van der Waals surface area contributed by atoms with Crippen molar-refractivity contribution in [2.75, 3.05) is 6.61 Å². The quantitative estimate of drug-likeness (QED) is 0.542. The maximum Gasteiger partial charge on any atom is 0.326 e. The lowest BCUT2D eigenvalue weighted by atomic mass is 9.93. The molecule has 0 spiro atoms. The van der Waals surface area contributed by atoms with E-state index in [-0.39, 0.29) is 37.9 Å². The van der Waals surface area contributed by atoms with Crippen LogP contribution in [0.15, 0.2) is 54.6 Å². The van der Waals surface area contributed by atoms with Crippen LogP contribution in [-0.2, 0) is 38.5 Å². The Morgan fingerprint density at radius 1 is 1.09 bits per heavy atom. The lowest BCUT2D eigenvalue weighted by Crippen LogP contribution is -2.56. The number of carbonyl (C=O) groups is 3. The van der Waals surface area contributed by atoms with E-state index in [1.54, 1.807) is 13.8 Å². The summed E-state index contributed by atoms with van der Waals surface area (Å²) in [7, 11) is 0. The molecule has 8 heteroatoms. The van der Waals surface area contributed by atoms with Crippen molar-refractivity contribution in [3.63, 3.8) is 0 Å². The number of carboxylic acids is 1. The topological polar surface area (TPSA) is 95.9 Å². The van der Waals surface area contributed by atoms with Crippen LogP contribution < -0.4 is 5.32 Å². The lowest BCUT2D eigenvalue weighted by Gasteiger charge is -2.36. The zero-order valence-electron chi connectivity index (χ0n) is 18.9. The summed E-state index contributed by atoms with van der Waals surface area (Å²) < 4.78 is 5.20. The predicted octanol–water partition coefficient (Wildman–Crippen LogP) is 2.99. The highest BCUT2D eigenvalue weighted by Gasteiger charge is 2.37. The molecule has 2 aromatic carbocycles. The molecule has 7 nitrogen and oxygen atoms in total. The van der Waals surface area contributed by atoms with Crippen LogP contribution in [0.5, 0.6) is 0 Å². The smallest absolute Gasteiger partial charge is 0.326 e. The molecule has 33 heavy (non-hydrogen) atoms. The Morgan fingerprint density at radius 2 is 1.73 bits per heavy atom. The van der Waals surface area contributed by atoms with Crippen molar-refractivity contribution in [2.45, 2.75) is 57.8 Å². The molecule has 1 aliphatic heterocycles. The van der Waals surface area contributed by atoms with Gasteiger partial charge in [0.1, 0.15) is 12.1 Å². The van der Waals surface area contributed by atoms with Crippen LogP contribution in [0.1, 0.15) is 37.0 Å². The van der Waals surface area contributed by atoms with Gasteiger partial charge in [-0.15, -0.1) is 12.4 Å². The maximum absolute atomic E-state index is 13.3. The molecular formula is C25H31ClN2O5. The summed E-state index contributed by atoms with van der Waals surface area (Å²) in [6.45, 7) is 3.88. The molecule has 1 aliphatic rings. The van der Waals surface area contributed by atoms with Crippen molar-refractivity contribution in [3.05, 3.63) is 71.3 Å². The molecule has 0 saturated heterocycles. The van der Waals surface area contributed by atoms with E-state index in [9.17, 15) is 19.5 Å². The fourth-order valence-electron chi connectivity index (χ4n) is 4.06. The highest BCUT2D eigenvalue weighted by atomic mass is 35.5. The molecule has 0 aliphatic carbocycles. The van der Waals surface area contributed by atoms with E-state index >= 15 is 0 Å².